The lowest BCUT2D eigenvalue weighted by Gasteiger charge is -2.02. The fourth-order valence-corrected chi connectivity index (χ4v) is 3.35. The lowest BCUT2D eigenvalue weighted by Crippen LogP contribution is -2.06. The molecule has 0 radical (unpaired) electrons. The van der Waals surface area contributed by atoms with Crippen molar-refractivity contribution in [2.75, 3.05) is 6.61 Å². The van der Waals surface area contributed by atoms with E-state index < -0.39 is 0 Å². The largest absolute Gasteiger partial charge is 0.462 e. The van der Waals surface area contributed by atoms with E-state index in [1.165, 1.54) is 28.7 Å². The van der Waals surface area contributed by atoms with Gasteiger partial charge in [-0.2, -0.15) is 5.10 Å². The average molecular weight is 341 g/mol. The molecule has 0 aliphatic carbocycles. The molecule has 0 fully saturated rings. The summed E-state index contributed by atoms with van der Waals surface area (Å²) in [6.07, 6.45) is 2.32. The van der Waals surface area contributed by atoms with Crippen molar-refractivity contribution in [1.29, 1.82) is 0 Å². The molecule has 0 saturated heterocycles. The maximum atomic E-state index is 11.9. The number of carbonyl (C=O) groups is 1. The summed E-state index contributed by atoms with van der Waals surface area (Å²) in [7, 11) is 0. The second-order valence-electron chi connectivity index (χ2n) is 5.56. The zero-order valence-electron chi connectivity index (χ0n) is 13.9. The lowest BCUT2D eigenvalue weighted by molar-refractivity contribution is 0.0525. The lowest BCUT2D eigenvalue weighted by atomic mass is 10.1. The Hall–Kier alpha value is -2.47. The smallest absolute Gasteiger partial charge is 0.341 e. The highest BCUT2D eigenvalue weighted by atomic mass is 32.1. The summed E-state index contributed by atoms with van der Waals surface area (Å²) in [4.78, 5) is 16.5. The van der Waals surface area contributed by atoms with Crippen LogP contribution in [0, 0.1) is 13.8 Å². The molecule has 1 aromatic carbocycles. The van der Waals surface area contributed by atoms with Gasteiger partial charge in [-0.3, -0.25) is 0 Å². The van der Waals surface area contributed by atoms with Crippen molar-refractivity contribution in [3.63, 3.8) is 0 Å². The maximum absolute atomic E-state index is 11.9. The predicted octanol–water partition coefficient (Wildman–Crippen LogP) is 3.71. The van der Waals surface area contributed by atoms with E-state index in [2.05, 4.69) is 41.3 Å². The van der Waals surface area contributed by atoms with Crippen LogP contribution in [0.4, 0.5) is 0 Å². The number of ether oxygens (including phenoxy) is 1. The Morgan fingerprint density at radius 3 is 2.92 bits per heavy atom. The summed E-state index contributed by atoms with van der Waals surface area (Å²) in [6, 6.07) is 8.41. The zero-order chi connectivity index (χ0) is 17.1. The van der Waals surface area contributed by atoms with Crippen LogP contribution in [0.5, 0.6) is 0 Å². The van der Waals surface area contributed by atoms with Crippen molar-refractivity contribution in [1.82, 2.24) is 14.8 Å². The molecule has 2 aromatic heterocycles. The fraction of sp³-hybridized carbons (Fsp3) is 0.278. The average Bonchev–Trinajstić information content (AvgIpc) is 3.14. The molecule has 124 valence electrons. The van der Waals surface area contributed by atoms with Crippen LogP contribution in [-0.2, 0) is 11.2 Å². The van der Waals surface area contributed by atoms with Crippen molar-refractivity contribution >= 4 is 17.3 Å². The fourth-order valence-electron chi connectivity index (χ4n) is 2.52. The van der Waals surface area contributed by atoms with Gasteiger partial charge in [0.15, 0.2) is 0 Å². The molecular weight excluding hydrogens is 322 g/mol. The minimum atomic E-state index is -0.349. The number of carbonyl (C=O) groups excluding carboxylic acids is 1. The molecule has 6 heteroatoms. The van der Waals surface area contributed by atoms with Gasteiger partial charge in [0.25, 0.3) is 0 Å². The Kier molecular flexibility index (Phi) is 4.76. The van der Waals surface area contributed by atoms with Gasteiger partial charge in [0.1, 0.15) is 5.56 Å². The zero-order valence-corrected chi connectivity index (χ0v) is 14.8. The molecule has 0 spiro atoms. The van der Waals surface area contributed by atoms with Gasteiger partial charge < -0.3 is 4.74 Å². The molecule has 0 amide bonds. The Bertz CT molecular complexity index is 867. The van der Waals surface area contributed by atoms with E-state index in [4.69, 9.17) is 4.74 Å². The SMILES string of the molecule is CCOC(=O)c1cnn(-c2nc(Cc3cccc(C)c3)cs2)c1C. The van der Waals surface area contributed by atoms with E-state index in [0.29, 0.717) is 12.2 Å². The number of nitrogens with zero attached hydrogens (tertiary/aromatic N) is 3. The van der Waals surface area contributed by atoms with E-state index in [1.54, 1.807) is 11.6 Å². The number of thiazole rings is 1. The number of esters is 1. The van der Waals surface area contributed by atoms with Gasteiger partial charge in [0.2, 0.25) is 5.13 Å². The Labute approximate surface area is 144 Å². The normalized spacial score (nSPS) is 10.8. The first-order valence-corrected chi connectivity index (χ1v) is 8.68. The summed E-state index contributed by atoms with van der Waals surface area (Å²) in [5.41, 5.74) is 4.69. The van der Waals surface area contributed by atoms with Gasteiger partial charge in [-0.1, -0.05) is 29.8 Å². The topological polar surface area (TPSA) is 57.0 Å². The van der Waals surface area contributed by atoms with Crippen LogP contribution < -0.4 is 0 Å². The molecule has 3 rings (SSSR count). The van der Waals surface area contributed by atoms with Crippen LogP contribution in [0.3, 0.4) is 0 Å². The van der Waals surface area contributed by atoms with Crippen LogP contribution in [-0.4, -0.2) is 27.3 Å². The minimum Gasteiger partial charge on any atom is -0.462 e. The summed E-state index contributed by atoms with van der Waals surface area (Å²) >= 11 is 1.52. The summed E-state index contributed by atoms with van der Waals surface area (Å²) in [6.45, 7) is 6.07. The van der Waals surface area contributed by atoms with E-state index >= 15 is 0 Å². The second kappa shape index (κ2) is 6.97. The monoisotopic (exact) mass is 341 g/mol. The van der Waals surface area contributed by atoms with Gasteiger partial charge in [0, 0.05) is 11.8 Å². The number of benzene rings is 1. The van der Waals surface area contributed by atoms with E-state index in [-0.39, 0.29) is 5.97 Å². The first kappa shape index (κ1) is 16.4. The maximum Gasteiger partial charge on any atom is 0.341 e. The van der Waals surface area contributed by atoms with Crippen LogP contribution >= 0.6 is 11.3 Å². The van der Waals surface area contributed by atoms with Crippen LogP contribution in [0.1, 0.15) is 39.8 Å². The minimum absolute atomic E-state index is 0.349. The number of aromatic nitrogens is 3. The summed E-state index contributed by atoms with van der Waals surface area (Å²) in [5.74, 6) is -0.349. The Morgan fingerprint density at radius 1 is 1.33 bits per heavy atom. The van der Waals surface area contributed by atoms with Gasteiger partial charge >= 0.3 is 5.97 Å². The quantitative estimate of drug-likeness (QED) is 0.664. The number of rotatable bonds is 5. The highest BCUT2D eigenvalue weighted by Crippen LogP contribution is 2.20. The third kappa shape index (κ3) is 3.38. The highest BCUT2D eigenvalue weighted by molar-refractivity contribution is 7.12. The molecule has 0 aliphatic heterocycles. The summed E-state index contributed by atoms with van der Waals surface area (Å²) in [5, 5.41) is 7.07. The van der Waals surface area contributed by atoms with Crippen molar-refractivity contribution in [3.05, 3.63) is 63.9 Å². The molecule has 0 aliphatic rings. The number of aryl methyl sites for hydroxylation is 1. The molecule has 3 aromatic rings. The molecule has 0 unspecified atom stereocenters. The van der Waals surface area contributed by atoms with Gasteiger partial charge in [-0.15, -0.1) is 11.3 Å². The van der Waals surface area contributed by atoms with Gasteiger partial charge in [-0.05, 0) is 26.3 Å². The standard InChI is InChI=1S/C18H19N3O2S/c1-4-23-17(22)16-10-19-21(13(16)3)18-20-15(11-24-18)9-14-7-5-6-12(2)8-14/h5-8,10-11H,4,9H2,1-3H3. The first-order valence-electron chi connectivity index (χ1n) is 7.80. The van der Waals surface area contributed by atoms with Crippen molar-refractivity contribution in [3.8, 4) is 5.13 Å². The first-order chi connectivity index (χ1) is 11.6. The molecule has 0 saturated carbocycles. The highest BCUT2D eigenvalue weighted by Gasteiger charge is 2.17. The number of hydrogen-bond acceptors (Lipinski definition) is 5. The van der Waals surface area contributed by atoms with Crippen molar-refractivity contribution < 1.29 is 9.53 Å². The molecular formula is C18H19N3O2S. The molecule has 0 atom stereocenters. The van der Waals surface area contributed by atoms with Crippen LogP contribution in [0.2, 0.25) is 0 Å². The molecule has 2 heterocycles. The molecule has 24 heavy (non-hydrogen) atoms. The van der Waals surface area contributed by atoms with E-state index in [9.17, 15) is 4.79 Å². The summed E-state index contributed by atoms with van der Waals surface area (Å²) < 4.78 is 6.74. The second-order valence-corrected chi connectivity index (χ2v) is 6.40. The van der Waals surface area contributed by atoms with E-state index in [1.807, 2.05) is 12.3 Å². The van der Waals surface area contributed by atoms with Crippen LogP contribution in [0.15, 0.2) is 35.8 Å². The predicted molar refractivity (Wildman–Crippen MR) is 93.9 cm³/mol. The van der Waals surface area contributed by atoms with Gasteiger partial charge in [-0.25, -0.2) is 14.5 Å². The van der Waals surface area contributed by atoms with Crippen molar-refractivity contribution in [2.24, 2.45) is 0 Å². The van der Waals surface area contributed by atoms with Gasteiger partial charge in [0.05, 0.1) is 24.2 Å². The van der Waals surface area contributed by atoms with Crippen molar-refractivity contribution in [2.45, 2.75) is 27.2 Å². The molecule has 5 nitrogen and oxygen atoms in total. The van der Waals surface area contributed by atoms with Crippen LogP contribution in [0.25, 0.3) is 5.13 Å². The number of hydrogen-bond donors (Lipinski definition) is 0. The third-order valence-electron chi connectivity index (χ3n) is 3.69. The molecule has 0 N–H and O–H groups in total. The third-order valence-corrected chi connectivity index (χ3v) is 4.56. The Morgan fingerprint density at radius 2 is 2.17 bits per heavy atom. The molecule has 0 bridgehead atoms. The Balaban J connectivity index is 1.82. The van der Waals surface area contributed by atoms with E-state index in [0.717, 1.165) is 22.9 Å².